The number of methoxy groups -OCH3 is 1. The van der Waals surface area contributed by atoms with Gasteiger partial charge in [0.25, 0.3) is 0 Å². The van der Waals surface area contributed by atoms with Crippen LogP contribution in [-0.2, 0) is 17.5 Å². The van der Waals surface area contributed by atoms with Gasteiger partial charge < -0.3 is 24.0 Å². The van der Waals surface area contributed by atoms with Crippen molar-refractivity contribution in [1.82, 2.24) is 9.55 Å². The minimum atomic E-state index is -4.62. The lowest BCUT2D eigenvalue weighted by Crippen LogP contribution is -2.37. The maximum absolute atomic E-state index is 14.1. The summed E-state index contributed by atoms with van der Waals surface area (Å²) in [6.07, 6.45) is 2.75. The number of morpholine rings is 1. The highest BCUT2D eigenvalue weighted by molar-refractivity contribution is 6.01. The van der Waals surface area contributed by atoms with Gasteiger partial charge in [-0.15, -0.1) is 0 Å². The number of anilines is 1. The van der Waals surface area contributed by atoms with Crippen molar-refractivity contribution in [1.29, 1.82) is 0 Å². The minimum absolute atomic E-state index is 0.161. The van der Waals surface area contributed by atoms with E-state index in [1.807, 2.05) is 35.2 Å². The van der Waals surface area contributed by atoms with Crippen molar-refractivity contribution in [3.05, 3.63) is 76.6 Å². The van der Waals surface area contributed by atoms with Crippen molar-refractivity contribution in [3.8, 4) is 17.0 Å². The monoisotopic (exact) mass is 617 g/mol. The number of hydrogen-bond donors (Lipinski definition) is 1. The maximum Gasteiger partial charge on any atom is 0.433 e. The number of ether oxygens (including phenoxy) is 2. The lowest BCUT2D eigenvalue weighted by atomic mass is 9.81. The van der Waals surface area contributed by atoms with E-state index < -0.39 is 17.8 Å². The Bertz CT molecular complexity index is 1820. The highest BCUT2D eigenvalue weighted by atomic mass is 19.4. The summed E-state index contributed by atoms with van der Waals surface area (Å²) in [6, 6.07) is 13.6. The van der Waals surface area contributed by atoms with Crippen LogP contribution in [0.1, 0.15) is 70.9 Å². The van der Waals surface area contributed by atoms with Gasteiger partial charge in [-0.1, -0.05) is 25.3 Å². The van der Waals surface area contributed by atoms with Gasteiger partial charge in [0, 0.05) is 35.1 Å². The van der Waals surface area contributed by atoms with Crippen LogP contribution >= 0.6 is 0 Å². The van der Waals surface area contributed by atoms with E-state index in [1.165, 1.54) is 18.1 Å². The molecule has 2 aromatic heterocycles. The second-order valence-electron chi connectivity index (χ2n) is 12.0. The summed E-state index contributed by atoms with van der Waals surface area (Å²) in [5.41, 5.74) is 5.31. The molecule has 0 bridgehead atoms. The number of carboxylic acids is 1. The van der Waals surface area contributed by atoms with Crippen LogP contribution in [0.25, 0.3) is 33.8 Å². The van der Waals surface area contributed by atoms with E-state index in [0.717, 1.165) is 59.5 Å². The number of carbonyl (C=O) groups is 1. The average molecular weight is 618 g/mol. The molecule has 0 spiro atoms. The molecule has 2 aromatic carbocycles. The molecule has 45 heavy (non-hydrogen) atoms. The molecule has 0 amide bonds. The first-order valence-electron chi connectivity index (χ1n) is 15.4. The average Bonchev–Trinajstić information content (AvgIpc) is 3.27. The van der Waals surface area contributed by atoms with Crippen LogP contribution in [0.2, 0.25) is 0 Å². The number of aromatic nitrogens is 2. The van der Waals surface area contributed by atoms with Crippen LogP contribution in [0.5, 0.6) is 5.75 Å². The molecular formula is C35H34F3N3O4. The molecule has 0 radical (unpaired) electrons. The summed E-state index contributed by atoms with van der Waals surface area (Å²) in [4.78, 5) is 18.4. The molecule has 1 saturated heterocycles. The largest absolute Gasteiger partial charge is 0.497 e. The summed E-state index contributed by atoms with van der Waals surface area (Å²) >= 11 is 0. The van der Waals surface area contributed by atoms with Gasteiger partial charge in [0.05, 0.1) is 49.5 Å². The SMILES string of the molecule is COc1ccc2c(c1)C=C(c1nc(C(F)(F)F)ccc1N1CCOCC1)Cn1c-2c(C2CCCCC2)c2ccc(C(=O)O)cc21. The van der Waals surface area contributed by atoms with Gasteiger partial charge in [-0.2, -0.15) is 13.2 Å². The fraction of sp³-hybridized carbons (Fsp3) is 0.371. The fourth-order valence-electron chi connectivity index (χ4n) is 7.22. The second-order valence-corrected chi connectivity index (χ2v) is 12.0. The molecule has 1 saturated carbocycles. The number of hydrogen-bond acceptors (Lipinski definition) is 5. The summed E-state index contributed by atoms with van der Waals surface area (Å²) in [5, 5.41) is 10.9. The number of alkyl halides is 3. The third-order valence-corrected chi connectivity index (χ3v) is 9.36. The molecule has 2 aliphatic heterocycles. The molecule has 7 rings (SSSR count). The Hall–Kier alpha value is -4.31. The first kappa shape index (κ1) is 29.4. The molecule has 3 aliphatic rings. The van der Waals surface area contributed by atoms with Crippen molar-refractivity contribution in [2.24, 2.45) is 0 Å². The minimum Gasteiger partial charge on any atom is -0.497 e. The zero-order valence-corrected chi connectivity index (χ0v) is 25.0. The molecule has 0 atom stereocenters. The predicted molar refractivity (Wildman–Crippen MR) is 167 cm³/mol. The number of fused-ring (bicyclic) bond motifs is 5. The lowest BCUT2D eigenvalue weighted by Gasteiger charge is -2.31. The van der Waals surface area contributed by atoms with Crippen LogP contribution < -0.4 is 9.64 Å². The molecule has 0 unspecified atom stereocenters. The third kappa shape index (κ3) is 5.35. The van der Waals surface area contributed by atoms with Crippen molar-refractivity contribution < 1.29 is 32.5 Å². The summed E-state index contributed by atoms with van der Waals surface area (Å²) in [6.45, 7) is 2.21. The molecule has 2 fully saturated rings. The van der Waals surface area contributed by atoms with Crippen molar-refractivity contribution in [3.63, 3.8) is 0 Å². The number of pyridine rings is 1. The summed E-state index contributed by atoms with van der Waals surface area (Å²) in [5.74, 6) is -0.123. The zero-order chi connectivity index (χ0) is 31.3. The van der Waals surface area contributed by atoms with Gasteiger partial charge >= 0.3 is 12.1 Å². The van der Waals surface area contributed by atoms with Crippen LogP contribution in [0.3, 0.4) is 0 Å². The Balaban J connectivity index is 1.52. The second kappa shape index (κ2) is 11.6. The fourth-order valence-corrected chi connectivity index (χ4v) is 7.22. The third-order valence-electron chi connectivity index (χ3n) is 9.36. The molecule has 4 heterocycles. The zero-order valence-electron chi connectivity index (χ0n) is 25.0. The number of nitrogens with zero attached hydrogens (tertiary/aromatic N) is 3. The van der Waals surface area contributed by atoms with Crippen LogP contribution in [0.4, 0.5) is 18.9 Å². The van der Waals surface area contributed by atoms with E-state index in [-0.39, 0.29) is 23.7 Å². The van der Waals surface area contributed by atoms with Crippen LogP contribution in [0, 0.1) is 0 Å². The van der Waals surface area contributed by atoms with E-state index in [4.69, 9.17) is 9.47 Å². The molecular weight excluding hydrogens is 583 g/mol. The van der Waals surface area contributed by atoms with Gasteiger partial charge in [0.15, 0.2) is 0 Å². The first-order valence-corrected chi connectivity index (χ1v) is 15.4. The van der Waals surface area contributed by atoms with Crippen LogP contribution in [0.15, 0.2) is 48.5 Å². The first-order chi connectivity index (χ1) is 21.7. The number of rotatable bonds is 5. The van der Waals surface area contributed by atoms with E-state index in [2.05, 4.69) is 9.55 Å². The van der Waals surface area contributed by atoms with Gasteiger partial charge in [-0.25, -0.2) is 9.78 Å². The van der Waals surface area contributed by atoms with Crippen LogP contribution in [-0.4, -0.2) is 54.0 Å². The maximum atomic E-state index is 14.1. The quantitative estimate of drug-likeness (QED) is 0.246. The molecule has 4 aromatic rings. The van der Waals surface area contributed by atoms with Gasteiger partial charge in [0.2, 0.25) is 0 Å². The van der Waals surface area contributed by atoms with E-state index in [0.29, 0.717) is 43.3 Å². The smallest absolute Gasteiger partial charge is 0.433 e. The van der Waals surface area contributed by atoms with Gasteiger partial charge in [0.1, 0.15) is 11.4 Å². The van der Waals surface area contributed by atoms with Gasteiger partial charge in [-0.05, 0) is 78.4 Å². The number of benzene rings is 2. The number of carboxylic acid groups (broad SMARTS) is 1. The molecule has 10 heteroatoms. The van der Waals surface area contributed by atoms with Crippen molar-refractivity contribution in [2.45, 2.75) is 50.7 Å². The van der Waals surface area contributed by atoms with Crippen molar-refractivity contribution in [2.75, 3.05) is 38.3 Å². The van der Waals surface area contributed by atoms with E-state index in [9.17, 15) is 23.1 Å². The Morgan fingerprint density at radius 1 is 1.02 bits per heavy atom. The Morgan fingerprint density at radius 2 is 1.80 bits per heavy atom. The Kier molecular flexibility index (Phi) is 7.55. The summed E-state index contributed by atoms with van der Waals surface area (Å²) < 4.78 is 55.6. The van der Waals surface area contributed by atoms with Crippen molar-refractivity contribution >= 4 is 34.2 Å². The Morgan fingerprint density at radius 3 is 2.51 bits per heavy atom. The predicted octanol–water partition coefficient (Wildman–Crippen LogP) is 7.87. The normalized spacial score (nSPS) is 17.4. The number of allylic oxidation sites excluding steroid dienone is 1. The number of aromatic carboxylic acids is 1. The molecule has 1 N–H and O–H groups in total. The highest BCUT2D eigenvalue weighted by Crippen LogP contribution is 2.48. The molecule has 1 aliphatic carbocycles. The topological polar surface area (TPSA) is 76.8 Å². The lowest BCUT2D eigenvalue weighted by molar-refractivity contribution is -0.141. The standard InChI is InChI=1S/C35H34F3N3O4/c1-44-25-8-10-26-23(18-25)17-24(32-28(40-13-15-45-16-14-40)11-12-30(39-32)35(36,37)38)20-41-29-19-22(34(42)43)7-9-27(29)31(33(26)41)21-5-3-2-4-6-21/h7-12,17-19,21H,2-6,13-16,20H2,1H3,(H,42,43). The van der Waals surface area contributed by atoms with Gasteiger partial charge in [-0.3, -0.25) is 0 Å². The van der Waals surface area contributed by atoms with E-state index >= 15 is 0 Å². The Labute approximate surface area is 258 Å². The highest BCUT2D eigenvalue weighted by Gasteiger charge is 2.35. The summed E-state index contributed by atoms with van der Waals surface area (Å²) in [7, 11) is 1.59. The number of halogens is 3. The van der Waals surface area contributed by atoms with E-state index in [1.54, 1.807) is 19.2 Å². The molecule has 234 valence electrons. The molecule has 7 nitrogen and oxygen atoms in total.